The molecule has 7 nitrogen and oxygen atoms in total. The van der Waals surface area contributed by atoms with Gasteiger partial charge >= 0.3 is 15.3 Å². The molecule has 0 aliphatic rings. The van der Waals surface area contributed by atoms with Gasteiger partial charge in [0, 0.05) is 30.4 Å². The Morgan fingerprint density at radius 2 is 1.53 bits per heavy atom. The first-order valence-corrected chi connectivity index (χ1v) is 14.2. The van der Waals surface area contributed by atoms with Gasteiger partial charge in [-0.25, -0.2) is 4.57 Å². The van der Waals surface area contributed by atoms with Gasteiger partial charge in [0.25, 0.3) is 0 Å². The van der Waals surface area contributed by atoms with Gasteiger partial charge in [0.15, 0.2) is 0 Å². The van der Waals surface area contributed by atoms with Crippen LogP contribution in [0.25, 0.3) is 0 Å². The Morgan fingerprint density at radius 1 is 1.00 bits per heavy atom. The number of benzene rings is 1. The molecule has 0 heterocycles. The van der Waals surface area contributed by atoms with Crippen molar-refractivity contribution in [3.63, 3.8) is 0 Å². The minimum Gasteiger partial charge on any atom is -0.311 e. The maximum atomic E-state index is 13.9. The Hall–Kier alpha value is -0.170. The van der Waals surface area contributed by atoms with E-state index in [9.17, 15) is 9.13 Å². The Balaban J connectivity index is 3.60. The van der Waals surface area contributed by atoms with Crippen LogP contribution in [0.15, 0.2) is 35.2 Å². The largest absolute Gasteiger partial charge is 0.409 e. The maximum absolute atomic E-state index is 13.9. The monoisotopic (exact) mass is 481 g/mol. The van der Waals surface area contributed by atoms with Gasteiger partial charge in [0.05, 0.1) is 13.2 Å². The Morgan fingerprint density at radius 3 is 1.97 bits per heavy atom. The van der Waals surface area contributed by atoms with Crippen molar-refractivity contribution in [1.29, 1.82) is 0 Å². The summed E-state index contributed by atoms with van der Waals surface area (Å²) in [5.74, 6) is -0.874. The molecule has 0 spiro atoms. The van der Waals surface area contributed by atoms with Gasteiger partial charge in [0.2, 0.25) is 0 Å². The number of rotatable bonds is 15. The molecule has 0 aliphatic heterocycles. The van der Waals surface area contributed by atoms with E-state index >= 15 is 0 Å². The normalized spacial score (nSPS) is 14.3. The zero-order chi connectivity index (χ0) is 22.8. The van der Waals surface area contributed by atoms with Crippen LogP contribution in [0.3, 0.4) is 0 Å². The second kappa shape index (κ2) is 12.8. The third kappa shape index (κ3) is 7.18. The van der Waals surface area contributed by atoms with Crippen molar-refractivity contribution in [1.82, 2.24) is 4.67 Å². The van der Waals surface area contributed by atoms with E-state index in [0.29, 0.717) is 6.54 Å². The smallest absolute Gasteiger partial charge is 0.311 e. The summed E-state index contributed by atoms with van der Waals surface area (Å²) in [7, 11) is -4.76. The molecule has 0 saturated heterocycles. The van der Waals surface area contributed by atoms with E-state index < -0.39 is 25.9 Å². The van der Waals surface area contributed by atoms with Gasteiger partial charge in [-0.2, -0.15) is 4.67 Å². The van der Waals surface area contributed by atoms with E-state index in [0.717, 1.165) is 17.7 Å². The van der Waals surface area contributed by atoms with Crippen molar-refractivity contribution in [2.24, 2.45) is 0 Å². The lowest BCUT2D eigenvalue weighted by atomic mass is 10.2. The van der Waals surface area contributed by atoms with Crippen LogP contribution in [0.5, 0.6) is 0 Å². The summed E-state index contributed by atoms with van der Waals surface area (Å²) in [4.78, 5) is 0.990. The van der Waals surface area contributed by atoms with Crippen LogP contribution in [0, 0.1) is 0 Å². The summed E-state index contributed by atoms with van der Waals surface area (Å²) in [5, 5.41) is 0. The standard InChI is InChI=1S/C20H37NO6P2S/c1-8-11-17-21(29(23,26-9-2)27-10-3)19(28(22,24-6)25-7)20(4,5)30-18-15-13-12-14-16-18/h12-16,19H,8-11,17H2,1-7H3. The summed E-state index contributed by atoms with van der Waals surface area (Å²) in [6, 6.07) is 9.79. The van der Waals surface area contributed by atoms with Crippen molar-refractivity contribution in [2.45, 2.75) is 62.9 Å². The van der Waals surface area contributed by atoms with Crippen LogP contribution < -0.4 is 0 Å². The highest BCUT2D eigenvalue weighted by atomic mass is 32.2. The Bertz CT molecular complexity index is 701. The van der Waals surface area contributed by atoms with Crippen molar-refractivity contribution in [3.8, 4) is 0 Å². The fourth-order valence-corrected chi connectivity index (χ4v) is 9.47. The molecule has 0 fully saturated rings. The number of nitrogens with zero attached hydrogens (tertiary/aromatic N) is 1. The highest BCUT2D eigenvalue weighted by molar-refractivity contribution is 8.01. The number of unbranched alkanes of at least 4 members (excludes halogenated alkanes) is 1. The molecule has 0 saturated carbocycles. The van der Waals surface area contributed by atoms with E-state index in [-0.39, 0.29) is 13.2 Å². The average molecular weight is 482 g/mol. The quantitative estimate of drug-likeness (QED) is 0.204. The first-order valence-electron chi connectivity index (χ1n) is 10.3. The van der Waals surface area contributed by atoms with E-state index in [1.807, 2.05) is 51.1 Å². The van der Waals surface area contributed by atoms with Gasteiger partial charge < -0.3 is 9.05 Å². The third-order valence-electron chi connectivity index (χ3n) is 4.48. The summed E-state index contributed by atoms with van der Waals surface area (Å²) in [6.45, 7) is 10.2. The first kappa shape index (κ1) is 27.9. The van der Waals surface area contributed by atoms with Crippen LogP contribution in [-0.2, 0) is 27.2 Å². The Labute approximate surface area is 186 Å². The third-order valence-corrected chi connectivity index (χ3v) is 10.9. The second-order valence-electron chi connectivity index (χ2n) is 7.12. The van der Waals surface area contributed by atoms with Crippen LogP contribution in [0.1, 0.15) is 47.5 Å². The average Bonchev–Trinajstić information content (AvgIpc) is 2.71. The molecule has 1 atom stereocenters. The highest BCUT2D eigenvalue weighted by Crippen LogP contribution is 2.67. The second-order valence-corrected chi connectivity index (χ2v) is 13.1. The van der Waals surface area contributed by atoms with E-state index in [2.05, 4.69) is 0 Å². The van der Waals surface area contributed by atoms with Crippen molar-refractivity contribution >= 4 is 27.1 Å². The zero-order valence-corrected chi connectivity index (χ0v) is 21.8. The minimum atomic E-state index is -3.75. The number of hydrogen-bond donors (Lipinski definition) is 0. The van der Waals surface area contributed by atoms with Gasteiger partial charge in [0.1, 0.15) is 5.78 Å². The molecule has 0 aliphatic carbocycles. The lowest BCUT2D eigenvalue weighted by Crippen LogP contribution is -2.47. The SMILES string of the molecule is CCCCN(C(C(C)(C)Sc1ccccc1)P(=O)(OC)OC)P(=O)(OCC)OCC. The topological polar surface area (TPSA) is 74.3 Å². The molecule has 1 aromatic carbocycles. The molecule has 0 amide bonds. The summed E-state index contributed by atoms with van der Waals surface area (Å²) in [5.41, 5.74) is 0. The van der Waals surface area contributed by atoms with Gasteiger partial charge in [-0.05, 0) is 46.2 Å². The van der Waals surface area contributed by atoms with Gasteiger partial charge in [-0.15, -0.1) is 11.8 Å². The molecular formula is C20H37NO6P2S. The van der Waals surface area contributed by atoms with Gasteiger partial charge in [-0.1, -0.05) is 31.5 Å². The number of hydrogen-bond acceptors (Lipinski definition) is 7. The zero-order valence-electron chi connectivity index (χ0n) is 19.2. The van der Waals surface area contributed by atoms with Crippen LogP contribution >= 0.6 is 27.1 Å². The van der Waals surface area contributed by atoms with Crippen LogP contribution in [0.4, 0.5) is 0 Å². The number of thioether (sulfide) groups is 1. The van der Waals surface area contributed by atoms with E-state index in [4.69, 9.17) is 18.1 Å². The summed E-state index contributed by atoms with van der Waals surface area (Å²) in [6.07, 6.45) is 1.58. The summed E-state index contributed by atoms with van der Waals surface area (Å²) < 4.78 is 50.7. The molecule has 10 heteroatoms. The van der Waals surface area contributed by atoms with E-state index in [1.54, 1.807) is 18.5 Å². The molecule has 1 rings (SSSR count). The molecule has 0 bridgehead atoms. The van der Waals surface area contributed by atoms with E-state index in [1.165, 1.54) is 26.0 Å². The molecule has 0 radical (unpaired) electrons. The lowest BCUT2D eigenvalue weighted by molar-refractivity contribution is 0.141. The Kier molecular flexibility index (Phi) is 11.9. The van der Waals surface area contributed by atoms with Crippen molar-refractivity contribution in [2.75, 3.05) is 34.0 Å². The highest BCUT2D eigenvalue weighted by Gasteiger charge is 2.55. The van der Waals surface area contributed by atoms with Gasteiger partial charge in [-0.3, -0.25) is 13.6 Å². The predicted octanol–water partition coefficient (Wildman–Crippen LogP) is 6.65. The minimum absolute atomic E-state index is 0.198. The molecular weight excluding hydrogens is 444 g/mol. The lowest BCUT2D eigenvalue weighted by Gasteiger charge is -2.45. The molecule has 174 valence electrons. The van der Waals surface area contributed by atoms with Crippen LogP contribution in [-0.4, -0.2) is 49.2 Å². The molecule has 1 aromatic rings. The molecule has 0 N–H and O–H groups in total. The van der Waals surface area contributed by atoms with Crippen molar-refractivity contribution in [3.05, 3.63) is 30.3 Å². The predicted molar refractivity (Wildman–Crippen MR) is 124 cm³/mol. The first-order chi connectivity index (χ1) is 14.1. The maximum Gasteiger partial charge on any atom is 0.409 e. The molecule has 0 aromatic heterocycles. The van der Waals surface area contributed by atoms with Crippen molar-refractivity contribution < 1.29 is 27.2 Å². The summed E-state index contributed by atoms with van der Waals surface area (Å²) >= 11 is 1.52. The fourth-order valence-electron chi connectivity index (χ4n) is 3.23. The molecule has 1 unspecified atom stereocenters. The molecule has 30 heavy (non-hydrogen) atoms. The van der Waals surface area contributed by atoms with Crippen LogP contribution in [0.2, 0.25) is 0 Å². The fraction of sp³-hybridized carbons (Fsp3) is 0.700.